The highest BCUT2D eigenvalue weighted by atomic mass is 32.1. The summed E-state index contributed by atoms with van der Waals surface area (Å²) in [7, 11) is 0. The van der Waals surface area contributed by atoms with Crippen LogP contribution in [0.4, 0.5) is 17.5 Å². The van der Waals surface area contributed by atoms with E-state index in [1.807, 2.05) is 36.6 Å². The Morgan fingerprint density at radius 2 is 1.69 bits per heavy atom. The number of aliphatic imine (C=N–C) groups is 1. The van der Waals surface area contributed by atoms with Crippen molar-refractivity contribution in [2.45, 2.75) is 70.3 Å². The van der Waals surface area contributed by atoms with Gasteiger partial charge in [-0.25, -0.2) is 9.97 Å². The molecule has 2 saturated carbocycles. The maximum atomic E-state index is 12.1. The summed E-state index contributed by atoms with van der Waals surface area (Å²) in [5, 5.41) is 6.72. The van der Waals surface area contributed by atoms with Crippen molar-refractivity contribution in [3.63, 3.8) is 0 Å². The lowest BCUT2D eigenvalue weighted by molar-refractivity contribution is 0.0955. The number of benzene rings is 1. The summed E-state index contributed by atoms with van der Waals surface area (Å²) in [5.41, 5.74) is 9.31. The SMILES string of the molecule is C1CCCCC1.Nc1nc(Nc2ccc(C#Cc3ncc(C(=O)NC4CC4)s3)cc2)ncc1C1=CCCC=N1. The van der Waals surface area contributed by atoms with Gasteiger partial charge < -0.3 is 16.4 Å². The van der Waals surface area contributed by atoms with Crippen molar-refractivity contribution in [2.24, 2.45) is 4.99 Å². The number of hydrogen-bond donors (Lipinski definition) is 3. The van der Waals surface area contributed by atoms with Gasteiger partial charge in [0.05, 0.1) is 17.5 Å². The zero-order valence-corrected chi connectivity index (χ0v) is 22.8. The number of rotatable bonds is 5. The van der Waals surface area contributed by atoms with Gasteiger partial charge in [0.15, 0.2) is 5.01 Å². The van der Waals surface area contributed by atoms with Crippen molar-refractivity contribution in [3.8, 4) is 11.8 Å². The number of amides is 1. The molecule has 0 saturated heterocycles. The van der Waals surface area contributed by atoms with E-state index in [0.29, 0.717) is 27.7 Å². The second-order valence-corrected chi connectivity index (χ2v) is 10.9. The zero-order valence-electron chi connectivity index (χ0n) is 21.9. The lowest BCUT2D eigenvalue weighted by Crippen LogP contribution is -2.24. The molecule has 200 valence electrons. The Balaban J connectivity index is 0.000000455. The smallest absolute Gasteiger partial charge is 0.263 e. The quantitative estimate of drug-likeness (QED) is 0.337. The van der Waals surface area contributed by atoms with Gasteiger partial charge in [-0.1, -0.05) is 50.5 Å². The summed E-state index contributed by atoms with van der Waals surface area (Å²) >= 11 is 1.30. The lowest BCUT2D eigenvalue weighted by atomic mass is 10.0. The highest BCUT2D eigenvalue weighted by Gasteiger charge is 2.24. The predicted octanol–water partition coefficient (Wildman–Crippen LogP) is 6.10. The van der Waals surface area contributed by atoms with Crippen LogP contribution in [0.5, 0.6) is 0 Å². The molecule has 2 aromatic heterocycles. The molecule has 3 heterocycles. The van der Waals surface area contributed by atoms with Crippen molar-refractivity contribution in [2.75, 3.05) is 11.1 Å². The molecule has 1 aromatic carbocycles. The number of allylic oxidation sites excluding steroid dienone is 1. The molecule has 0 atom stereocenters. The average molecular weight is 540 g/mol. The molecule has 39 heavy (non-hydrogen) atoms. The summed E-state index contributed by atoms with van der Waals surface area (Å²) < 4.78 is 0. The molecule has 2 aliphatic carbocycles. The largest absolute Gasteiger partial charge is 0.383 e. The van der Waals surface area contributed by atoms with Gasteiger partial charge in [-0.3, -0.25) is 9.79 Å². The third-order valence-electron chi connectivity index (χ3n) is 6.55. The molecule has 1 aliphatic heterocycles. The molecule has 0 unspecified atom stereocenters. The molecule has 1 amide bonds. The number of thiazole rings is 1. The van der Waals surface area contributed by atoms with Crippen LogP contribution in [-0.2, 0) is 0 Å². The van der Waals surface area contributed by atoms with Gasteiger partial charge in [0.25, 0.3) is 5.91 Å². The fraction of sp³-hybridized carbons (Fsp3) is 0.367. The maximum absolute atomic E-state index is 12.1. The standard InChI is InChI=1S/C24H21N7OS.C6H12/c25-22-18(19-3-1-2-12-26-19)13-28-24(31-22)30-17-7-4-15(5-8-17)6-11-21-27-14-20(33-21)23(32)29-16-9-10-16;1-2-4-6-5-3-1/h3-5,7-8,12-14,16H,1-2,9-10H2,(H,29,32)(H3,25,28,30,31);1-6H2. The fourth-order valence-electron chi connectivity index (χ4n) is 4.22. The van der Waals surface area contributed by atoms with Crippen LogP contribution in [0, 0.1) is 11.8 Å². The third kappa shape index (κ3) is 7.98. The van der Waals surface area contributed by atoms with E-state index in [2.05, 4.69) is 42.4 Å². The Bertz CT molecular complexity index is 1400. The first kappa shape index (κ1) is 26.6. The highest BCUT2D eigenvalue weighted by Crippen LogP contribution is 2.25. The normalized spacial score (nSPS) is 16.2. The Kier molecular flexibility index (Phi) is 8.97. The summed E-state index contributed by atoms with van der Waals surface area (Å²) in [6.45, 7) is 0. The molecule has 0 bridgehead atoms. The van der Waals surface area contributed by atoms with Crippen LogP contribution in [0.1, 0.15) is 90.0 Å². The second-order valence-electron chi connectivity index (χ2n) is 9.82. The van der Waals surface area contributed by atoms with Crippen LogP contribution < -0.4 is 16.4 Å². The summed E-state index contributed by atoms with van der Waals surface area (Å²) in [4.78, 5) is 30.0. The molecule has 0 radical (unpaired) electrons. The van der Waals surface area contributed by atoms with Crippen LogP contribution >= 0.6 is 11.3 Å². The summed E-state index contributed by atoms with van der Waals surface area (Å²) in [5.74, 6) is 6.82. The zero-order chi connectivity index (χ0) is 26.9. The van der Waals surface area contributed by atoms with Gasteiger partial charge in [-0.15, -0.1) is 11.3 Å². The molecule has 6 rings (SSSR count). The van der Waals surface area contributed by atoms with Crippen LogP contribution in [-0.4, -0.2) is 33.1 Å². The number of nitrogen functional groups attached to an aromatic ring is 1. The Labute approximate surface area is 233 Å². The second kappa shape index (κ2) is 13.2. The Hall–Kier alpha value is -4.03. The molecular formula is C30H33N7OS. The maximum Gasteiger partial charge on any atom is 0.263 e. The van der Waals surface area contributed by atoms with Gasteiger partial charge in [0.1, 0.15) is 10.7 Å². The van der Waals surface area contributed by atoms with Gasteiger partial charge in [0.2, 0.25) is 5.95 Å². The van der Waals surface area contributed by atoms with E-state index in [0.717, 1.165) is 48.2 Å². The van der Waals surface area contributed by atoms with Crippen LogP contribution in [0.15, 0.2) is 47.7 Å². The fourth-order valence-corrected chi connectivity index (χ4v) is 4.89. The van der Waals surface area contributed by atoms with Gasteiger partial charge >= 0.3 is 0 Å². The molecule has 9 heteroatoms. The molecule has 4 N–H and O–H groups in total. The Morgan fingerprint density at radius 1 is 0.949 bits per heavy atom. The minimum Gasteiger partial charge on any atom is -0.383 e. The van der Waals surface area contributed by atoms with Gasteiger partial charge in [0, 0.05) is 29.7 Å². The summed E-state index contributed by atoms with van der Waals surface area (Å²) in [6, 6.07) is 7.89. The minimum absolute atomic E-state index is 0.0717. The third-order valence-corrected chi connectivity index (χ3v) is 7.47. The molecule has 2 fully saturated rings. The highest BCUT2D eigenvalue weighted by molar-refractivity contribution is 7.14. The van der Waals surface area contributed by atoms with Crippen molar-refractivity contribution in [1.29, 1.82) is 0 Å². The van der Waals surface area contributed by atoms with Crippen LogP contribution in [0.3, 0.4) is 0 Å². The van der Waals surface area contributed by atoms with Crippen molar-refractivity contribution in [1.82, 2.24) is 20.3 Å². The number of nitrogens with one attached hydrogen (secondary N) is 2. The number of nitrogens with zero attached hydrogens (tertiary/aromatic N) is 4. The van der Waals surface area contributed by atoms with Crippen LogP contribution in [0.25, 0.3) is 5.70 Å². The van der Waals surface area contributed by atoms with E-state index in [1.54, 1.807) is 12.4 Å². The van der Waals surface area contributed by atoms with Crippen LogP contribution in [0.2, 0.25) is 0 Å². The predicted molar refractivity (Wildman–Crippen MR) is 158 cm³/mol. The number of nitrogens with two attached hydrogens (primary N) is 1. The minimum atomic E-state index is -0.0717. The number of hydrogen-bond acceptors (Lipinski definition) is 8. The van der Waals surface area contributed by atoms with E-state index in [4.69, 9.17) is 5.73 Å². The topological polar surface area (TPSA) is 118 Å². The van der Waals surface area contributed by atoms with E-state index in [-0.39, 0.29) is 5.91 Å². The van der Waals surface area contributed by atoms with Gasteiger partial charge in [-0.05, 0) is 55.9 Å². The molecule has 0 spiro atoms. The molecule has 8 nitrogen and oxygen atoms in total. The van der Waals surface area contributed by atoms with Gasteiger partial charge in [-0.2, -0.15) is 4.98 Å². The number of carbonyl (C=O) groups excluding carboxylic acids is 1. The monoisotopic (exact) mass is 539 g/mol. The van der Waals surface area contributed by atoms with E-state index < -0.39 is 0 Å². The molecule has 3 aromatic rings. The molecule has 3 aliphatic rings. The number of anilines is 3. The van der Waals surface area contributed by atoms with Crippen molar-refractivity contribution in [3.05, 3.63) is 63.7 Å². The number of aromatic nitrogens is 3. The molecular weight excluding hydrogens is 506 g/mol. The first-order valence-electron chi connectivity index (χ1n) is 13.7. The number of carbonyl (C=O) groups is 1. The van der Waals surface area contributed by atoms with E-state index >= 15 is 0 Å². The van der Waals surface area contributed by atoms with Crippen molar-refractivity contribution < 1.29 is 4.79 Å². The van der Waals surface area contributed by atoms with Crippen molar-refractivity contribution >= 4 is 46.6 Å². The lowest BCUT2D eigenvalue weighted by Gasteiger charge is -2.10. The average Bonchev–Trinajstić information content (AvgIpc) is 3.67. The first-order valence-corrected chi connectivity index (χ1v) is 14.5. The van der Waals surface area contributed by atoms with E-state index in [1.165, 1.54) is 49.9 Å². The Morgan fingerprint density at radius 3 is 2.33 bits per heavy atom. The summed E-state index contributed by atoms with van der Waals surface area (Å²) in [6.07, 6.45) is 20.2. The van der Waals surface area contributed by atoms with E-state index in [9.17, 15) is 4.79 Å². The first-order chi connectivity index (χ1) is 19.1.